The Hall–Kier alpha value is -0.340. The van der Waals surface area contributed by atoms with Gasteiger partial charge in [0.25, 0.3) is 0 Å². The lowest BCUT2D eigenvalue weighted by atomic mass is 10.4. The van der Waals surface area contributed by atoms with Crippen LogP contribution in [-0.4, -0.2) is 48.8 Å². The molecule has 1 heterocycles. The molecule has 0 aromatic heterocycles. The van der Waals surface area contributed by atoms with Gasteiger partial charge in [-0.25, -0.2) is 4.79 Å². The summed E-state index contributed by atoms with van der Waals surface area (Å²) in [7, 11) is 4.35. The van der Waals surface area contributed by atoms with Crippen molar-refractivity contribution in [1.82, 2.24) is 14.9 Å². The molecule has 2 amide bonds. The zero-order valence-electron chi connectivity index (χ0n) is 7.42. The number of hydrogen-bond acceptors (Lipinski definition) is 2. The van der Waals surface area contributed by atoms with Crippen LogP contribution in [0.1, 0.15) is 6.42 Å². The molecule has 12 heavy (non-hydrogen) atoms. The summed E-state index contributed by atoms with van der Waals surface area (Å²) in [6.45, 7) is 3.68. The number of nitrogens with one attached hydrogen (secondary N) is 1. The molecule has 1 unspecified atom stereocenters. The summed E-state index contributed by atoms with van der Waals surface area (Å²) in [6.07, 6.45) is 1.05. The number of carbonyl (C=O) groups excluding carboxylic acids is 1. The zero-order chi connectivity index (χ0) is 8.97. The lowest BCUT2D eigenvalue weighted by Crippen LogP contribution is -2.39. The van der Waals surface area contributed by atoms with E-state index in [1.165, 1.54) is 0 Å². The Morgan fingerprint density at radius 2 is 2.08 bits per heavy atom. The molecule has 0 spiro atoms. The maximum Gasteiger partial charge on any atom is 0.317 e. The van der Waals surface area contributed by atoms with Crippen molar-refractivity contribution in [3.63, 3.8) is 0 Å². The van der Waals surface area contributed by atoms with E-state index in [-0.39, 0.29) is 6.03 Å². The molecule has 1 fully saturated rings. The third-order valence-electron chi connectivity index (χ3n) is 2.03. The summed E-state index contributed by atoms with van der Waals surface area (Å²) in [6, 6.07) is 0.0373. The van der Waals surface area contributed by atoms with Gasteiger partial charge >= 0.3 is 6.03 Å². The van der Waals surface area contributed by atoms with Crippen molar-refractivity contribution >= 4 is 15.4 Å². The summed E-state index contributed by atoms with van der Waals surface area (Å²) in [5.74, 6) is 0. The van der Waals surface area contributed by atoms with Gasteiger partial charge in [-0.05, 0) is 6.42 Å². The van der Waals surface area contributed by atoms with Crippen LogP contribution in [0.5, 0.6) is 0 Å². The lowest BCUT2D eigenvalue weighted by molar-refractivity contribution is 0.203. The van der Waals surface area contributed by atoms with Crippen molar-refractivity contribution < 1.29 is 4.79 Å². The topological polar surface area (TPSA) is 35.6 Å². The highest BCUT2D eigenvalue weighted by Crippen LogP contribution is 2.06. The highest BCUT2D eigenvalue weighted by Gasteiger charge is 2.15. The fourth-order valence-corrected chi connectivity index (χ4v) is 1.60. The molecule has 1 saturated heterocycles. The number of rotatable bonds is 0. The first-order chi connectivity index (χ1) is 5.74. The second-order valence-corrected chi connectivity index (χ2v) is 3.66. The minimum absolute atomic E-state index is 0.0373. The van der Waals surface area contributed by atoms with Gasteiger partial charge < -0.3 is 10.2 Å². The van der Waals surface area contributed by atoms with Gasteiger partial charge in [-0.3, -0.25) is 4.67 Å². The van der Waals surface area contributed by atoms with E-state index >= 15 is 0 Å². The molecule has 0 aliphatic carbocycles. The maximum atomic E-state index is 11.2. The fourth-order valence-electron chi connectivity index (χ4n) is 1.30. The average molecular weight is 189 g/mol. The molecule has 1 atom stereocenters. The molecule has 1 aliphatic heterocycles. The largest absolute Gasteiger partial charge is 0.341 e. The zero-order valence-corrected chi connectivity index (χ0v) is 8.57. The van der Waals surface area contributed by atoms with Gasteiger partial charge in [0.15, 0.2) is 0 Å². The van der Waals surface area contributed by atoms with Crippen LogP contribution < -0.4 is 5.32 Å². The van der Waals surface area contributed by atoms with E-state index in [1.807, 2.05) is 4.90 Å². The van der Waals surface area contributed by atoms with Crippen LogP contribution in [0, 0.1) is 0 Å². The lowest BCUT2D eigenvalue weighted by Gasteiger charge is -2.19. The molecule has 1 N–H and O–H groups in total. The molecule has 1 aliphatic rings. The van der Waals surface area contributed by atoms with Crippen LogP contribution >= 0.6 is 9.39 Å². The van der Waals surface area contributed by atoms with Crippen molar-refractivity contribution in [1.29, 1.82) is 0 Å². The Morgan fingerprint density at radius 1 is 1.33 bits per heavy atom. The fraction of sp³-hybridized carbons (Fsp3) is 0.857. The van der Waals surface area contributed by atoms with Gasteiger partial charge in [0, 0.05) is 33.2 Å². The van der Waals surface area contributed by atoms with E-state index < -0.39 is 0 Å². The van der Waals surface area contributed by atoms with Crippen molar-refractivity contribution in [3.8, 4) is 0 Å². The van der Waals surface area contributed by atoms with E-state index in [0.29, 0.717) is 0 Å². The van der Waals surface area contributed by atoms with E-state index in [2.05, 4.69) is 19.4 Å². The minimum atomic E-state index is 0.0373. The van der Waals surface area contributed by atoms with Gasteiger partial charge in [-0.2, -0.15) is 0 Å². The third-order valence-corrected chi connectivity index (χ3v) is 2.55. The van der Waals surface area contributed by atoms with E-state index in [4.69, 9.17) is 0 Å². The van der Waals surface area contributed by atoms with Crippen LogP contribution in [0.15, 0.2) is 0 Å². The number of urea groups is 1. The van der Waals surface area contributed by atoms with E-state index in [9.17, 15) is 4.79 Å². The van der Waals surface area contributed by atoms with Gasteiger partial charge in [-0.15, -0.1) is 0 Å². The monoisotopic (exact) mass is 189 g/mol. The summed E-state index contributed by atoms with van der Waals surface area (Å²) in [4.78, 5) is 13.1. The Kier molecular flexibility index (Phi) is 3.76. The summed E-state index contributed by atoms with van der Waals surface area (Å²) < 4.78 is 2.17. The van der Waals surface area contributed by atoms with Gasteiger partial charge in [0.1, 0.15) is 0 Å². The Bertz CT molecular complexity index is 165. The van der Waals surface area contributed by atoms with E-state index in [0.717, 1.165) is 32.6 Å². The molecule has 0 saturated carbocycles. The predicted octanol–water partition coefficient (Wildman–Crippen LogP) is 0.124. The normalized spacial score (nSPS) is 20.3. The first-order valence-electron chi connectivity index (χ1n) is 4.20. The number of carbonyl (C=O) groups is 1. The van der Waals surface area contributed by atoms with Crippen molar-refractivity contribution in [2.75, 3.05) is 33.2 Å². The van der Waals surface area contributed by atoms with Crippen LogP contribution in [0.3, 0.4) is 0 Å². The van der Waals surface area contributed by atoms with Gasteiger partial charge in [0.05, 0.1) is 0 Å². The molecule has 4 nitrogen and oxygen atoms in total. The SMILES string of the molecule is CNC(=O)N1CCCN(P)CC1. The van der Waals surface area contributed by atoms with Gasteiger partial charge in [0.2, 0.25) is 0 Å². The number of amides is 2. The molecule has 0 aromatic carbocycles. The molecule has 5 heteroatoms. The molecular weight excluding hydrogens is 173 g/mol. The van der Waals surface area contributed by atoms with Gasteiger partial charge in [-0.1, -0.05) is 9.39 Å². The third kappa shape index (κ3) is 2.61. The van der Waals surface area contributed by atoms with Crippen molar-refractivity contribution in [3.05, 3.63) is 0 Å². The Morgan fingerprint density at radius 3 is 2.75 bits per heavy atom. The van der Waals surface area contributed by atoms with Crippen LogP contribution in [0.4, 0.5) is 4.79 Å². The highest BCUT2D eigenvalue weighted by molar-refractivity contribution is 7.13. The summed E-state index contributed by atoms with van der Waals surface area (Å²) >= 11 is 0. The maximum absolute atomic E-state index is 11.2. The quantitative estimate of drug-likeness (QED) is 0.549. The molecule has 70 valence electrons. The van der Waals surface area contributed by atoms with Crippen molar-refractivity contribution in [2.24, 2.45) is 0 Å². The Labute approximate surface area is 75.5 Å². The molecule has 0 bridgehead atoms. The standard InChI is InChI=1S/C7H16N3OP/c1-8-7(11)9-3-2-4-10(12)6-5-9/h2-6,12H2,1H3,(H,8,11). The van der Waals surface area contributed by atoms with Crippen LogP contribution in [0.25, 0.3) is 0 Å². The highest BCUT2D eigenvalue weighted by atomic mass is 31.0. The van der Waals surface area contributed by atoms with Crippen LogP contribution in [-0.2, 0) is 0 Å². The molecular formula is C7H16N3OP. The first kappa shape index (κ1) is 9.75. The Balaban J connectivity index is 2.40. The number of nitrogens with zero attached hydrogens (tertiary/aromatic N) is 2. The smallest absolute Gasteiger partial charge is 0.317 e. The summed E-state index contributed by atoms with van der Waals surface area (Å²) in [5.41, 5.74) is 0. The molecule has 1 rings (SSSR count). The second-order valence-electron chi connectivity index (χ2n) is 2.93. The average Bonchev–Trinajstić information content (AvgIpc) is 2.29. The van der Waals surface area contributed by atoms with Crippen LogP contribution in [0.2, 0.25) is 0 Å². The number of hydrogen-bond donors (Lipinski definition) is 1. The molecule has 0 aromatic rings. The molecule has 0 radical (unpaired) electrons. The minimum Gasteiger partial charge on any atom is -0.341 e. The van der Waals surface area contributed by atoms with E-state index in [1.54, 1.807) is 7.05 Å². The second kappa shape index (κ2) is 4.63. The predicted molar refractivity (Wildman–Crippen MR) is 51.9 cm³/mol. The van der Waals surface area contributed by atoms with Crippen molar-refractivity contribution in [2.45, 2.75) is 6.42 Å². The first-order valence-corrected chi connectivity index (χ1v) is 4.72. The summed E-state index contributed by atoms with van der Waals surface area (Å²) in [5, 5.41) is 2.64.